The van der Waals surface area contributed by atoms with E-state index in [2.05, 4.69) is 5.32 Å². The lowest BCUT2D eigenvalue weighted by Crippen LogP contribution is -2.41. The normalized spacial score (nSPS) is 13.3. The summed E-state index contributed by atoms with van der Waals surface area (Å²) in [7, 11) is 1.32. The molecular formula is C17H18FNO2. The van der Waals surface area contributed by atoms with Crippen molar-refractivity contribution in [2.24, 2.45) is 0 Å². The molecule has 0 saturated heterocycles. The van der Waals surface area contributed by atoms with Crippen LogP contribution in [-0.2, 0) is 15.1 Å². The van der Waals surface area contributed by atoms with E-state index in [4.69, 9.17) is 4.74 Å². The Morgan fingerprint density at radius 2 is 1.90 bits per heavy atom. The molecule has 0 amide bonds. The number of aryl methyl sites for hydroxylation is 1. The molecule has 0 saturated carbocycles. The number of hydrogen-bond donors (Lipinski definition) is 1. The van der Waals surface area contributed by atoms with Gasteiger partial charge in [0.25, 0.3) is 0 Å². The van der Waals surface area contributed by atoms with Gasteiger partial charge in [-0.15, -0.1) is 0 Å². The first-order valence-electron chi connectivity index (χ1n) is 6.65. The van der Waals surface area contributed by atoms with Crippen LogP contribution in [0.3, 0.4) is 0 Å². The van der Waals surface area contributed by atoms with Crippen molar-refractivity contribution in [2.75, 3.05) is 12.4 Å². The van der Waals surface area contributed by atoms with E-state index < -0.39 is 17.3 Å². The summed E-state index contributed by atoms with van der Waals surface area (Å²) in [5.74, 6) is -0.872. The Hall–Kier alpha value is -2.36. The number of nitrogens with one attached hydrogen (secondary N) is 1. The molecule has 0 radical (unpaired) electrons. The van der Waals surface area contributed by atoms with E-state index in [1.807, 2.05) is 31.2 Å². The van der Waals surface area contributed by atoms with Crippen LogP contribution in [0.4, 0.5) is 10.1 Å². The molecule has 110 valence electrons. The Bertz CT molecular complexity index is 657. The van der Waals surface area contributed by atoms with Crippen molar-refractivity contribution in [1.82, 2.24) is 0 Å². The van der Waals surface area contributed by atoms with Gasteiger partial charge in [-0.1, -0.05) is 24.3 Å². The second-order valence-corrected chi connectivity index (χ2v) is 5.12. The van der Waals surface area contributed by atoms with E-state index in [0.29, 0.717) is 5.56 Å². The third-order valence-electron chi connectivity index (χ3n) is 3.41. The fourth-order valence-corrected chi connectivity index (χ4v) is 2.26. The third-order valence-corrected chi connectivity index (χ3v) is 3.41. The van der Waals surface area contributed by atoms with Gasteiger partial charge in [0.05, 0.1) is 7.11 Å². The van der Waals surface area contributed by atoms with Crippen molar-refractivity contribution in [3.8, 4) is 0 Å². The number of rotatable bonds is 4. The molecule has 0 spiro atoms. The summed E-state index contributed by atoms with van der Waals surface area (Å²) < 4.78 is 18.4. The zero-order valence-corrected chi connectivity index (χ0v) is 12.3. The van der Waals surface area contributed by atoms with E-state index in [-0.39, 0.29) is 0 Å². The first kappa shape index (κ1) is 15.0. The zero-order valence-electron chi connectivity index (χ0n) is 12.3. The van der Waals surface area contributed by atoms with Gasteiger partial charge in [0.15, 0.2) is 5.54 Å². The number of carbonyl (C=O) groups excluding carboxylic acids is 1. The van der Waals surface area contributed by atoms with E-state index >= 15 is 0 Å². The van der Waals surface area contributed by atoms with Crippen LogP contribution < -0.4 is 5.32 Å². The summed E-state index contributed by atoms with van der Waals surface area (Å²) in [6.45, 7) is 3.64. The summed E-state index contributed by atoms with van der Waals surface area (Å²) in [5.41, 5.74) is 1.18. The lowest BCUT2D eigenvalue weighted by Gasteiger charge is -2.29. The van der Waals surface area contributed by atoms with Crippen molar-refractivity contribution in [3.05, 3.63) is 65.5 Å². The second-order valence-electron chi connectivity index (χ2n) is 5.12. The highest BCUT2D eigenvalue weighted by Crippen LogP contribution is 2.28. The molecular weight excluding hydrogens is 269 g/mol. The Morgan fingerprint density at radius 1 is 1.19 bits per heavy atom. The molecule has 0 fully saturated rings. The minimum Gasteiger partial charge on any atom is -0.467 e. The Morgan fingerprint density at radius 3 is 2.52 bits per heavy atom. The predicted octanol–water partition coefficient (Wildman–Crippen LogP) is 3.63. The quantitative estimate of drug-likeness (QED) is 0.873. The molecule has 21 heavy (non-hydrogen) atoms. The highest BCUT2D eigenvalue weighted by molar-refractivity contribution is 5.85. The molecule has 0 bridgehead atoms. The number of methoxy groups -OCH3 is 1. The van der Waals surface area contributed by atoms with Gasteiger partial charge in [-0.05, 0) is 49.2 Å². The fourth-order valence-electron chi connectivity index (χ4n) is 2.26. The van der Waals surface area contributed by atoms with Crippen LogP contribution in [-0.4, -0.2) is 13.1 Å². The van der Waals surface area contributed by atoms with E-state index in [1.165, 1.54) is 19.2 Å². The van der Waals surface area contributed by atoms with E-state index in [1.54, 1.807) is 19.1 Å². The fraction of sp³-hybridized carbons (Fsp3) is 0.235. The van der Waals surface area contributed by atoms with Crippen LogP contribution in [0.2, 0.25) is 0 Å². The first-order chi connectivity index (χ1) is 9.95. The van der Waals surface area contributed by atoms with Gasteiger partial charge in [0.2, 0.25) is 0 Å². The Labute approximate surface area is 123 Å². The van der Waals surface area contributed by atoms with Crippen molar-refractivity contribution >= 4 is 11.7 Å². The van der Waals surface area contributed by atoms with Crippen LogP contribution in [0, 0.1) is 12.7 Å². The van der Waals surface area contributed by atoms with Crippen LogP contribution in [0.25, 0.3) is 0 Å². The first-order valence-corrected chi connectivity index (χ1v) is 6.65. The molecule has 2 aromatic rings. The topological polar surface area (TPSA) is 38.3 Å². The molecule has 0 aliphatic carbocycles. The summed E-state index contributed by atoms with van der Waals surface area (Å²) in [6.07, 6.45) is 0. The number of hydrogen-bond acceptors (Lipinski definition) is 3. The molecule has 0 aliphatic heterocycles. The van der Waals surface area contributed by atoms with Gasteiger partial charge in [-0.25, -0.2) is 9.18 Å². The largest absolute Gasteiger partial charge is 0.467 e. The van der Waals surface area contributed by atoms with Crippen molar-refractivity contribution in [3.63, 3.8) is 0 Å². The number of carbonyl (C=O) groups is 1. The van der Waals surface area contributed by atoms with Crippen LogP contribution >= 0.6 is 0 Å². The number of halogens is 1. The van der Waals surface area contributed by atoms with E-state index in [0.717, 1.165) is 11.3 Å². The van der Waals surface area contributed by atoms with Gasteiger partial charge in [0, 0.05) is 5.69 Å². The molecule has 3 nitrogen and oxygen atoms in total. The third kappa shape index (κ3) is 3.21. The SMILES string of the molecule is COC(=O)C(C)(Nc1cccc(C)c1)c1cccc(F)c1. The lowest BCUT2D eigenvalue weighted by molar-refractivity contribution is -0.145. The minimum atomic E-state index is -1.16. The standard InChI is InChI=1S/C17H18FNO2/c1-12-6-4-9-15(10-12)19-17(2,16(20)21-3)13-7-5-8-14(18)11-13/h4-11,19H,1-3H3. The molecule has 2 rings (SSSR count). The summed E-state index contributed by atoms with van der Waals surface area (Å²) in [5, 5.41) is 3.15. The maximum atomic E-state index is 13.5. The number of anilines is 1. The average Bonchev–Trinajstić information content (AvgIpc) is 2.46. The molecule has 1 N–H and O–H groups in total. The maximum Gasteiger partial charge on any atom is 0.335 e. The van der Waals surface area contributed by atoms with Crippen LogP contribution in [0.1, 0.15) is 18.1 Å². The Balaban J connectivity index is 2.45. The summed E-state index contributed by atoms with van der Waals surface area (Å²) in [4.78, 5) is 12.2. The number of benzene rings is 2. The van der Waals surface area contributed by atoms with Crippen molar-refractivity contribution in [2.45, 2.75) is 19.4 Å². The maximum absolute atomic E-state index is 13.5. The molecule has 1 unspecified atom stereocenters. The lowest BCUT2D eigenvalue weighted by atomic mass is 9.91. The zero-order chi connectivity index (χ0) is 15.5. The second kappa shape index (κ2) is 5.95. The Kier molecular flexibility index (Phi) is 4.26. The average molecular weight is 287 g/mol. The van der Waals surface area contributed by atoms with Gasteiger partial charge >= 0.3 is 5.97 Å². The van der Waals surface area contributed by atoms with E-state index in [9.17, 15) is 9.18 Å². The monoisotopic (exact) mass is 287 g/mol. The van der Waals surface area contributed by atoms with Crippen LogP contribution in [0.15, 0.2) is 48.5 Å². The molecule has 1 atom stereocenters. The van der Waals surface area contributed by atoms with Gasteiger partial charge in [-0.2, -0.15) is 0 Å². The molecule has 0 aliphatic rings. The number of ether oxygens (including phenoxy) is 1. The van der Waals surface area contributed by atoms with Gasteiger partial charge < -0.3 is 10.1 Å². The summed E-state index contributed by atoms with van der Waals surface area (Å²) in [6, 6.07) is 13.6. The smallest absolute Gasteiger partial charge is 0.335 e. The van der Waals surface area contributed by atoms with Crippen molar-refractivity contribution in [1.29, 1.82) is 0 Å². The highest BCUT2D eigenvalue weighted by Gasteiger charge is 2.36. The highest BCUT2D eigenvalue weighted by atomic mass is 19.1. The van der Waals surface area contributed by atoms with Crippen LogP contribution in [0.5, 0.6) is 0 Å². The number of esters is 1. The van der Waals surface area contributed by atoms with Gasteiger partial charge in [0.1, 0.15) is 5.82 Å². The molecule has 0 heterocycles. The summed E-state index contributed by atoms with van der Waals surface area (Å²) >= 11 is 0. The van der Waals surface area contributed by atoms with Crippen molar-refractivity contribution < 1.29 is 13.9 Å². The predicted molar refractivity (Wildman–Crippen MR) is 80.6 cm³/mol. The van der Waals surface area contributed by atoms with Gasteiger partial charge in [-0.3, -0.25) is 0 Å². The minimum absolute atomic E-state index is 0.395. The molecule has 4 heteroatoms. The molecule has 2 aromatic carbocycles. The molecule has 0 aromatic heterocycles.